The lowest BCUT2D eigenvalue weighted by molar-refractivity contribution is 0.818. The van der Waals surface area contributed by atoms with Gasteiger partial charge in [0.2, 0.25) is 0 Å². The van der Waals surface area contributed by atoms with Gasteiger partial charge in [-0.3, -0.25) is 0 Å². The van der Waals surface area contributed by atoms with Gasteiger partial charge in [-0.05, 0) is 36.4 Å². The quantitative estimate of drug-likeness (QED) is 0.876. The molecule has 1 aromatic heterocycles. The number of nitrogens with one attached hydrogen (secondary N) is 1. The maximum Gasteiger partial charge on any atom is 0.110 e. The van der Waals surface area contributed by atoms with Crippen molar-refractivity contribution in [1.82, 2.24) is 5.32 Å². The number of benzene rings is 1. The topological polar surface area (TPSA) is 35.8 Å². The fraction of sp³-hybridized carbons (Fsp3) is 0.154. The van der Waals surface area contributed by atoms with Crippen molar-refractivity contribution in [2.75, 3.05) is 7.05 Å². The van der Waals surface area contributed by atoms with Crippen LogP contribution in [0.1, 0.15) is 10.4 Å². The SMILES string of the molecule is CNCc1cccc(-c2ccc(C#N)s2)c1. The predicted octanol–water partition coefficient (Wildman–Crippen LogP) is 3.01. The molecule has 2 nitrogen and oxygen atoms in total. The van der Waals surface area contributed by atoms with Crippen LogP contribution >= 0.6 is 11.3 Å². The van der Waals surface area contributed by atoms with E-state index in [-0.39, 0.29) is 0 Å². The van der Waals surface area contributed by atoms with Gasteiger partial charge in [0.1, 0.15) is 10.9 Å². The fourth-order valence-corrected chi connectivity index (χ4v) is 2.39. The number of hydrogen-bond acceptors (Lipinski definition) is 3. The van der Waals surface area contributed by atoms with Crippen LogP contribution in [0.3, 0.4) is 0 Å². The van der Waals surface area contributed by atoms with Crippen molar-refractivity contribution in [2.24, 2.45) is 0 Å². The van der Waals surface area contributed by atoms with Crippen molar-refractivity contribution in [1.29, 1.82) is 5.26 Å². The van der Waals surface area contributed by atoms with Gasteiger partial charge >= 0.3 is 0 Å². The van der Waals surface area contributed by atoms with Crippen LogP contribution in [0, 0.1) is 11.3 Å². The lowest BCUT2D eigenvalue weighted by Gasteiger charge is -2.02. The predicted molar refractivity (Wildman–Crippen MR) is 67.2 cm³/mol. The van der Waals surface area contributed by atoms with E-state index >= 15 is 0 Å². The van der Waals surface area contributed by atoms with Gasteiger partial charge in [0.15, 0.2) is 0 Å². The molecule has 0 aliphatic rings. The molecule has 3 heteroatoms. The normalized spacial score (nSPS) is 10.0. The van der Waals surface area contributed by atoms with Crippen molar-refractivity contribution >= 4 is 11.3 Å². The second-order valence-corrected chi connectivity index (χ2v) is 4.59. The van der Waals surface area contributed by atoms with Crippen molar-refractivity contribution in [3.63, 3.8) is 0 Å². The van der Waals surface area contributed by atoms with Crippen molar-refractivity contribution in [2.45, 2.75) is 6.54 Å². The lowest BCUT2D eigenvalue weighted by Crippen LogP contribution is -2.04. The zero-order valence-corrected chi connectivity index (χ0v) is 9.84. The molecule has 0 unspecified atom stereocenters. The monoisotopic (exact) mass is 228 g/mol. The fourth-order valence-electron chi connectivity index (χ4n) is 1.59. The van der Waals surface area contributed by atoms with E-state index in [4.69, 9.17) is 5.26 Å². The Morgan fingerprint density at radius 1 is 1.31 bits per heavy atom. The van der Waals surface area contributed by atoms with Crippen LogP contribution in [0.15, 0.2) is 36.4 Å². The standard InChI is InChI=1S/C13H12N2S/c1-15-9-10-3-2-4-11(7-10)13-6-5-12(8-14)16-13/h2-7,15H,9H2,1H3. The van der Waals surface area contributed by atoms with E-state index in [0.717, 1.165) is 16.3 Å². The number of hydrogen-bond donors (Lipinski definition) is 1. The molecule has 0 atom stereocenters. The lowest BCUT2D eigenvalue weighted by atomic mass is 10.1. The third-order valence-electron chi connectivity index (χ3n) is 2.31. The van der Waals surface area contributed by atoms with Gasteiger partial charge in [-0.15, -0.1) is 11.3 Å². The van der Waals surface area contributed by atoms with E-state index in [0.29, 0.717) is 0 Å². The van der Waals surface area contributed by atoms with Crippen LogP contribution in [0.4, 0.5) is 0 Å². The van der Waals surface area contributed by atoms with Crippen LogP contribution in [0.2, 0.25) is 0 Å². The van der Waals surface area contributed by atoms with E-state index in [1.54, 1.807) is 0 Å². The second-order valence-electron chi connectivity index (χ2n) is 3.51. The van der Waals surface area contributed by atoms with Crippen molar-refractivity contribution < 1.29 is 0 Å². The Morgan fingerprint density at radius 2 is 2.19 bits per heavy atom. The highest BCUT2D eigenvalue weighted by Gasteiger charge is 2.02. The maximum absolute atomic E-state index is 8.79. The van der Waals surface area contributed by atoms with Gasteiger partial charge in [0.05, 0.1) is 0 Å². The van der Waals surface area contributed by atoms with Gasteiger partial charge in [-0.25, -0.2) is 0 Å². The number of rotatable bonds is 3. The van der Waals surface area contributed by atoms with E-state index in [2.05, 4.69) is 29.6 Å². The third-order valence-corrected chi connectivity index (χ3v) is 3.35. The Kier molecular flexibility index (Phi) is 3.35. The summed E-state index contributed by atoms with van der Waals surface area (Å²) in [5, 5.41) is 11.9. The summed E-state index contributed by atoms with van der Waals surface area (Å²) in [7, 11) is 1.94. The van der Waals surface area contributed by atoms with Gasteiger partial charge in [-0.1, -0.05) is 18.2 Å². The molecular formula is C13H12N2S. The van der Waals surface area contributed by atoms with Crippen LogP contribution in [0.5, 0.6) is 0 Å². The Morgan fingerprint density at radius 3 is 2.88 bits per heavy atom. The Balaban J connectivity index is 2.33. The van der Waals surface area contributed by atoms with Gasteiger partial charge in [-0.2, -0.15) is 5.26 Å². The first-order chi connectivity index (χ1) is 7.83. The molecule has 1 N–H and O–H groups in total. The molecule has 1 heterocycles. The summed E-state index contributed by atoms with van der Waals surface area (Å²) < 4.78 is 0. The minimum absolute atomic E-state index is 0.758. The summed E-state index contributed by atoms with van der Waals surface area (Å²) in [4.78, 5) is 1.91. The highest BCUT2D eigenvalue weighted by molar-refractivity contribution is 7.16. The average Bonchev–Trinajstić information content (AvgIpc) is 2.78. The number of thiophene rings is 1. The van der Waals surface area contributed by atoms with Crippen LogP contribution in [0.25, 0.3) is 10.4 Å². The minimum atomic E-state index is 0.758. The van der Waals surface area contributed by atoms with Gasteiger partial charge in [0, 0.05) is 11.4 Å². The average molecular weight is 228 g/mol. The molecule has 0 aliphatic heterocycles. The molecule has 0 saturated carbocycles. The van der Waals surface area contributed by atoms with Crippen LogP contribution < -0.4 is 5.32 Å². The summed E-state index contributed by atoms with van der Waals surface area (Å²) in [5.41, 5.74) is 2.44. The molecule has 1 aromatic carbocycles. The largest absolute Gasteiger partial charge is 0.316 e. The van der Waals surface area contributed by atoms with E-state index in [1.165, 1.54) is 22.5 Å². The summed E-state index contributed by atoms with van der Waals surface area (Å²) in [6.45, 7) is 0.865. The molecule has 16 heavy (non-hydrogen) atoms. The van der Waals surface area contributed by atoms with E-state index < -0.39 is 0 Å². The minimum Gasteiger partial charge on any atom is -0.316 e. The highest BCUT2D eigenvalue weighted by atomic mass is 32.1. The smallest absolute Gasteiger partial charge is 0.110 e. The molecule has 0 aliphatic carbocycles. The van der Waals surface area contributed by atoms with Crippen LogP contribution in [-0.4, -0.2) is 7.05 Å². The highest BCUT2D eigenvalue weighted by Crippen LogP contribution is 2.28. The summed E-state index contributed by atoms with van der Waals surface area (Å²) in [6, 6.07) is 14.4. The van der Waals surface area contributed by atoms with Gasteiger partial charge < -0.3 is 5.32 Å². The second kappa shape index (κ2) is 4.93. The number of nitriles is 1. The number of nitrogens with zero attached hydrogens (tertiary/aromatic N) is 1. The van der Waals surface area contributed by atoms with Gasteiger partial charge in [0.25, 0.3) is 0 Å². The molecule has 2 rings (SSSR count). The first kappa shape index (κ1) is 10.9. The molecular weight excluding hydrogens is 216 g/mol. The van der Waals surface area contributed by atoms with E-state index in [9.17, 15) is 0 Å². The Hall–Kier alpha value is -1.63. The summed E-state index contributed by atoms with van der Waals surface area (Å²) in [6.07, 6.45) is 0. The first-order valence-corrected chi connectivity index (χ1v) is 5.89. The van der Waals surface area contributed by atoms with Crippen molar-refractivity contribution in [3.8, 4) is 16.5 Å². The first-order valence-electron chi connectivity index (χ1n) is 5.07. The summed E-state index contributed by atoms with van der Waals surface area (Å²) >= 11 is 1.53. The maximum atomic E-state index is 8.79. The zero-order valence-electron chi connectivity index (χ0n) is 9.03. The molecule has 0 radical (unpaired) electrons. The third kappa shape index (κ3) is 2.30. The molecule has 0 saturated heterocycles. The van der Waals surface area contributed by atoms with Crippen LogP contribution in [-0.2, 0) is 6.54 Å². The zero-order chi connectivity index (χ0) is 11.4. The molecule has 80 valence electrons. The molecule has 0 spiro atoms. The molecule has 0 amide bonds. The summed E-state index contributed by atoms with van der Waals surface area (Å²) in [5.74, 6) is 0. The van der Waals surface area contributed by atoms with Crippen molar-refractivity contribution in [3.05, 3.63) is 46.8 Å². The Labute approximate surface area is 99.2 Å². The molecule has 2 aromatic rings. The van der Waals surface area contributed by atoms with E-state index in [1.807, 2.05) is 25.2 Å². The molecule has 0 bridgehead atoms. The Bertz CT molecular complexity index is 523. The molecule has 0 fully saturated rings.